The monoisotopic (exact) mass is 504 g/mol. The molecule has 0 bridgehead atoms. The molecule has 1 heterocycles. The van der Waals surface area contributed by atoms with Gasteiger partial charge in [0.05, 0.1) is 5.69 Å². The van der Waals surface area contributed by atoms with Crippen LogP contribution in [0, 0.1) is 0 Å². The molecule has 7 heteroatoms. The lowest BCUT2D eigenvalue weighted by atomic mass is 10.1. The van der Waals surface area contributed by atoms with E-state index < -0.39 is 11.8 Å². The van der Waals surface area contributed by atoms with E-state index in [1.54, 1.807) is 24.3 Å². The van der Waals surface area contributed by atoms with Gasteiger partial charge in [-0.3, -0.25) is 19.8 Å². The van der Waals surface area contributed by atoms with Gasteiger partial charge in [-0.25, -0.2) is 0 Å². The Hall–Kier alpha value is -3.55. The van der Waals surface area contributed by atoms with E-state index in [-0.39, 0.29) is 10.7 Å². The van der Waals surface area contributed by atoms with Gasteiger partial charge in [0.15, 0.2) is 5.11 Å². The van der Waals surface area contributed by atoms with E-state index >= 15 is 0 Å². The Labute approximate surface area is 199 Å². The topological polar surface area (TPSA) is 58.6 Å². The maximum atomic E-state index is 13.1. The Morgan fingerprint density at radius 2 is 1.47 bits per heavy atom. The molecular weight excluding hydrogens is 488 g/mol. The van der Waals surface area contributed by atoms with E-state index in [1.165, 1.54) is 11.0 Å². The third-order valence-electron chi connectivity index (χ3n) is 4.56. The minimum Gasteiger partial charge on any atom is -0.457 e. The molecule has 0 unspecified atom stereocenters. The van der Waals surface area contributed by atoms with E-state index in [2.05, 4.69) is 21.2 Å². The highest BCUT2D eigenvalue weighted by Crippen LogP contribution is 2.27. The van der Waals surface area contributed by atoms with Gasteiger partial charge in [-0.1, -0.05) is 64.5 Å². The number of hydrogen-bond acceptors (Lipinski definition) is 4. The van der Waals surface area contributed by atoms with Gasteiger partial charge in [-0.15, -0.1) is 0 Å². The molecule has 4 rings (SSSR count). The minimum atomic E-state index is -0.543. The first-order chi connectivity index (χ1) is 15.5. The molecule has 158 valence electrons. The first-order valence-electron chi connectivity index (χ1n) is 9.68. The van der Waals surface area contributed by atoms with Crippen molar-refractivity contribution in [3.8, 4) is 11.5 Å². The van der Waals surface area contributed by atoms with Crippen molar-refractivity contribution in [1.29, 1.82) is 0 Å². The molecule has 1 aliphatic heterocycles. The standard InChI is InChI=1S/C25H17BrN2O3S/c26-18(15-17-7-3-1-4-8-17)16-22-23(29)27-25(32)28(24(22)30)19-11-13-21(14-12-19)31-20-9-5-2-6-10-20/h1-16H,(H,27,29,32). The number of amides is 2. The quantitative estimate of drug-likeness (QED) is 0.279. The number of carbonyl (C=O) groups excluding carboxylic acids is 2. The first kappa shape index (κ1) is 21.7. The molecule has 3 aromatic carbocycles. The Balaban J connectivity index is 1.57. The Morgan fingerprint density at radius 3 is 2.12 bits per heavy atom. The van der Waals surface area contributed by atoms with Gasteiger partial charge >= 0.3 is 0 Å². The molecule has 32 heavy (non-hydrogen) atoms. The lowest BCUT2D eigenvalue weighted by molar-refractivity contribution is -0.122. The van der Waals surface area contributed by atoms with Crippen LogP contribution in [0.2, 0.25) is 0 Å². The van der Waals surface area contributed by atoms with Crippen molar-refractivity contribution in [3.63, 3.8) is 0 Å². The SMILES string of the molecule is O=C1NC(=S)N(c2ccc(Oc3ccccc3)cc2)C(=O)C1=CC(Br)=Cc1ccccc1. The lowest BCUT2D eigenvalue weighted by Gasteiger charge is -2.29. The number of hydrogen-bond donors (Lipinski definition) is 1. The van der Waals surface area contributed by atoms with Gasteiger partial charge < -0.3 is 4.74 Å². The molecule has 2 amide bonds. The molecule has 1 N–H and O–H groups in total. The number of halogens is 1. The zero-order valence-electron chi connectivity index (χ0n) is 16.7. The van der Waals surface area contributed by atoms with E-state index in [4.69, 9.17) is 17.0 Å². The molecule has 1 saturated heterocycles. The summed E-state index contributed by atoms with van der Waals surface area (Å²) in [6, 6.07) is 25.9. The summed E-state index contributed by atoms with van der Waals surface area (Å²) in [6.45, 7) is 0. The first-order valence-corrected chi connectivity index (χ1v) is 10.9. The molecule has 0 aromatic heterocycles. The average Bonchev–Trinajstić information content (AvgIpc) is 2.79. The predicted molar refractivity (Wildman–Crippen MR) is 133 cm³/mol. The number of nitrogens with one attached hydrogen (secondary N) is 1. The summed E-state index contributed by atoms with van der Waals surface area (Å²) in [6.07, 6.45) is 3.31. The van der Waals surface area contributed by atoms with E-state index in [0.717, 1.165) is 5.56 Å². The molecule has 1 fully saturated rings. The Bertz CT molecular complexity index is 1220. The minimum absolute atomic E-state index is 0.0250. The second kappa shape index (κ2) is 9.72. The number of benzene rings is 3. The number of rotatable bonds is 5. The van der Waals surface area contributed by atoms with Gasteiger partial charge in [-0.05, 0) is 66.3 Å². The third-order valence-corrected chi connectivity index (χ3v) is 5.30. The molecule has 0 radical (unpaired) electrons. The smallest absolute Gasteiger partial charge is 0.270 e. The van der Waals surface area contributed by atoms with Crippen LogP contribution in [0.25, 0.3) is 6.08 Å². The summed E-state index contributed by atoms with van der Waals surface area (Å²) < 4.78 is 6.38. The molecular formula is C25H17BrN2O3S. The third kappa shape index (κ3) is 5.01. The van der Waals surface area contributed by atoms with Gasteiger partial charge in [0.2, 0.25) is 0 Å². The van der Waals surface area contributed by atoms with E-state index in [9.17, 15) is 9.59 Å². The average molecular weight is 505 g/mol. The maximum absolute atomic E-state index is 13.1. The molecule has 0 spiro atoms. The van der Waals surface area contributed by atoms with Crippen LogP contribution in [0.5, 0.6) is 11.5 Å². The Morgan fingerprint density at radius 1 is 0.875 bits per heavy atom. The lowest BCUT2D eigenvalue weighted by Crippen LogP contribution is -2.54. The molecule has 1 aliphatic rings. The maximum Gasteiger partial charge on any atom is 0.270 e. The molecule has 0 atom stereocenters. The van der Waals surface area contributed by atoms with Crippen molar-refractivity contribution in [2.75, 3.05) is 4.90 Å². The summed E-state index contributed by atoms with van der Waals surface area (Å²) >= 11 is 8.68. The predicted octanol–water partition coefficient (Wildman–Crippen LogP) is 5.59. The molecule has 3 aromatic rings. The van der Waals surface area contributed by atoms with Crippen LogP contribution in [0.15, 0.2) is 101 Å². The summed E-state index contributed by atoms with van der Waals surface area (Å²) in [5.74, 6) is 0.272. The number of carbonyl (C=O) groups is 2. The highest BCUT2D eigenvalue weighted by Gasteiger charge is 2.34. The van der Waals surface area contributed by atoms with Crippen LogP contribution in [-0.4, -0.2) is 16.9 Å². The van der Waals surface area contributed by atoms with Crippen molar-refractivity contribution in [2.45, 2.75) is 0 Å². The number of allylic oxidation sites excluding steroid dienone is 2. The van der Waals surface area contributed by atoms with Crippen molar-refractivity contribution >= 4 is 56.8 Å². The van der Waals surface area contributed by atoms with Crippen LogP contribution >= 0.6 is 28.1 Å². The number of anilines is 1. The summed E-state index contributed by atoms with van der Waals surface area (Å²) in [4.78, 5) is 26.9. The summed E-state index contributed by atoms with van der Waals surface area (Å²) in [5, 5.41) is 2.61. The van der Waals surface area contributed by atoms with Gasteiger partial charge in [-0.2, -0.15) is 0 Å². The van der Waals surface area contributed by atoms with Crippen molar-refractivity contribution in [1.82, 2.24) is 5.32 Å². The van der Waals surface area contributed by atoms with Crippen molar-refractivity contribution in [3.05, 3.63) is 107 Å². The zero-order chi connectivity index (χ0) is 22.5. The summed E-state index contributed by atoms with van der Waals surface area (Å²) in [7, 11) is 0. The normalized spacial score (nSPS) is 15.7. The van der Waals surface area contributed by atoms with Gasteiger partial charge in [0.25, 0.3) is 11.8 Å². The van der Waals surface area contributed by atoms with E-state index in [0.29, 0.717) is 21.7 Å². The van der Waals surface area contributed by atoms with Gasteiger partial charge in [0.1, 0.15) is 17.1 Å². The second-order valence-corrected chi connectivity index (χ2v) is 8.11. The largest absolute Gasteiger partial charge is 0.457 e. The van der Waals surface area contributed by atoms with Crippen molar-refractivity contribution in [2.24, 2.45) is 0 Å². The van der Waals surface area contributed by atoms with E-state index in [1.807, 2.05) is 66.7 Å². The molecule has 5 nitrogen and oxygen atoms in total. The number of ether oxygens (including phenoxy) is 1. The van der Waals surface area contributed by atoms with Crippen molar-refractivity contribution < 1.29 is 14.3 Å². The highest BCUT2D eigenvalue weighted by atomic mass is 79.9. The molecule has 0 aliphatic carbocycles. The zero-order valence-corrected chi connectivity index (χ0v) is 19.1. The highest BCUT2D eigenvalue weighted by molar-refractivity contribution is 9.12. The van der Waals surface area contributed by atoms with Gasteiger partial charge in [0, 0.05) is 4.48 Å². The summed E-state index contributed by atoms with van der Waals surface area (Å²) in [5.41, 5.74) is 1.43. The molecule has 0 saturated carbocycles. The van der Waals surface area contributed by atoms with Crippen LogP contribution in [0.3, 0.4) is 0 Å². The van der Waals surface area contributed by atoms with Crippen LogP contribution in [-0.2, 0) is 9.59 Å². The number of nitrogens with zero attached hydrogens (tertiary/aromatic N) is 1. The fraction of sp³-hybridized carbons (Fsp3) is 0. The number of para-hydroxylation sites is 1. The van der Waals surface area contributed by atoms with Crippen LogP contribution < -0.4 is 15.0 Å². The number of thiocarbonyl (C=S) groups is 1. The fourth-order valence-electron chi connectivity index (χ4n) is 3.07. The fourth-order valence-corrected chi connectivity index (χ4v) is 3.84. The Kier molecular flexibility index (Phi) is 6.58. The van der Waals surface area contributed by atoms with Crippen LogP contribution in [0.1, 0.15) is 5.56 Å². The second-order valence-electron chi connectivity index (χ2n) is 6.81. The van der Waals surface area contributed by atoms with Crippen LogP contribution in [0.4, 0.5) is 5.69 Å².